The molecule has 0 radical (unpaired) electrons. The van der Waals surface area contributed by atoms with E-state index in [4.69, 9.17) is 14.5 Å². The molecule has 1 fully saturated rings. The summed E-state index contributed by atoms with van der Waals surface area (Å²) in [6, 6.07) is 16.8. The second-order valence-electron chi connectivity index (χ2n) is 7.61. The minimum absolute atomic E-state index is 0. The number of halogens is 1. The third kappa shape index (κ3) is 6.35. The van der Waals surface area contributed by atoms with Crippen molar-refractivity contribution in [3.05, 3.63) is 65.2 Å². The number of aryl methyl sites for hydroxylation is 1. The van der Waals surface area contributed by atoms with Crippen LogP contribution in [0.2, 0.25) is 0 Å². The highest BCUT2D eigenvalue weighted by Crippen LogP contribution is 2.36. The molecule has 2 aromatic rings. The Labute approximate surface area is 197 Å². The molecule has 30 heavy (non-hydrogen) atoms. The molecular formula is C24H34IN3O2. The number of nitrogens with zero attached hydrogens (tertiary/aromatic N) is 1. The van der Waals surface area contributed by atoms with Crippen LogP contribution < -0.4 is 15.4 Å². The van der Waals surface area contributed by atoms with Crippen LogP contribution in [0.25, 0.3) is 0 Å². The number of nitrogens with one attached hydrogen (secondary N) is 2. The summed E-state index contributed by atoms with van der Waals surface area (Å²) in [6.45, 7) is 8.16. The zero-order valence-corrected chi connectivity index (χ0v) is 20.6. The zero-order chi connectivity index (χ0) is 20.5. The maximum Gasteiger partial charge on any atom is 0.191 e. The Morgan fingerprint density at radius 3 is 2.57 bits per heavy atom. The van der Waals surface area contributed by atoms with Gasteiger partial charge in [-0.15, -0.1) is 24.0 Å². The molecular weight excluding hydrogens is 489 g/mol. The van der Waals surface area contributed by atoms with E-state index in [-0.39, 0.29) is 29.4 Å². The normalized spacial score (nSPS) is 15.8. The van der Waals surface area contributed by atoms with Crippen molar-refractivity contribution in [1.82, 2.24) is 10.6 Å². The first-order valence-corrected chi connectivity index (χ1v) is 10.5. The number of hydrogen-bond acceptors (Lipinski definition) is 3. The van der Waals surface area contributed by atoms with Gasteiger partial charge in [0.2, 0.25) is 0 Å². The lowest BCUT2D eigenvalue weighted by Gasteiger charge is -2.39. The van der Waals surface area contributed by atoms with E-state index < -0.39 is 0 Å². The van der Waals surface area contributed by atoms with Crippen LogP contribution in [-0.2, 0) is 16.7 Å². The van der Waals surface area contributed by atoms with E-state index in [0.717, 1.165) is 56.4 Å². The van der Waals surface area contributed by atoms with Gasteiger partial charge in [0.15, 0.2) is 5.96 Å². The fraction of sp³-hybridized carbons (Fsp3) is 0.458. The molecule has 0 aromatic heterocycles. The molecule has 1 aliphatic rings. The Hall–Kier alpha value is -1.80. The van der Waals surface area contributed by atoms with Gasteiger partial charge in [0, 0.05) is 31.7 Å². The summed E-state index contributed by atoms with van der Waals surface area (Å²) < 4.78 is 11.0. The molecule has 1 saturated heterocycles. The van der Waals surface area contributed by atoms with Crippen LogP contribution in [0, 0.1) is 6.92 Å². The average Bonchev–Trinajstić information content (AvgIpc) is 2.77. The lowest BCUT2D eigenvalue weighted by atomic mass is 9.72. The van der Waals surface area contributed by atoms with Gasteiger partial charge in [-0.2, -0.15) is 0 Å². The number of aliphatic imine (C=N–C) groups is 1. The van der Waals surface area contributed by atoms with Gasteiger partial charge in [-0.25, -0.2) is 4.99 Å². The second kappa shape index (κ2) is 12.2. The van der Waals surface area contributed by atoms with Crippen LogP contribution in [0.15, 0.2) is 53.5 Å². The molecule has 0 unspecified atom stereocenters. The van der Waals surface area contributed by atoms with Crippen molar-refractivity contribution in [2.75, 3.05) is 33.4 Å². The van der Waals surface area contributed by atoms with Gasteiger partial charge in [0.05, 0.1) is 13.7 Å². The topological polar surface area (TPSA) is 54.9 Å². The standard InChI is InChI=1S/C24H33N3O2.HI/c1-4-25-23(26-17-20-9-7-10-21(16-20)28-3)27-18-24(12-14-29-15-13-24)22-11-6-5-8-19(22)2;/h5-11,16H,4,12-15,17-18H2,1-3H3,(H2,25,26,27);1H. The third-order valence-corrected chi connectivity index (χ3v) is 5.66. The van der Waals surface area contributed by atoms with E-state index in [1.165, 1.54) is 11.1 Å². The monoisotopic (exact) mass is 523 g/mol. The van der Waals surface area contributed by atoms with Crippen LogP contribution >= 0.6 is 24.0 Å². The van der Waals surface area contributed by atoms with Crippen molar-refractivity contribution < 1.29 is 9.47 Å². The summed E-state index contributed by atoms with van der Waals surface area (Å²) in [5.41, 5.74) is 3.95. The molecule has 2 N–H and O–H groups in total. The van der Waals surface area contributed by atoms with Gasteiger partial charge >= 0.3 is 0 Å². The van der Waals surface area contributed by atoms with Crippen LogP contribution in [-0.4, -0.2) is 39.4 Å². The first kappa shape index (κ1) is 24.5. The highest BCUT2D eigenvalue weighted by molar-refractivity contribution is 14.0. The van der Waals surface area contributed by atoms with E-state index in [1.54, 1.807) is 7.11 Å². The number of methoxy groups -OCH3 is 1. The molecule has 1 aliphatic heterocycles. The maximum absolute atomic E-state index is 5.68. The summed E-state index contributed by atoms with van der Waals surface area (Å²) in [5, 5.41) is 6.99. The summed E-state index contributed by atoms with van der Waals surface area (Å²) in [6.07, 6.45) is 2.03. The molecule has 0 amide bonds. The number of benzene rings is 2. The van der Waals surface area contributed by atoms with Crippen molar-refractivity contribution in [2.24, 2.45) is 4.99 Å². The lowest BCUT2D eigenvalue weighted by Crippen LogP contribution is -2.48. The molecule has 0 atom stereocenters. The quantitative estimate of drug-likeness (QED) is 0.321. The van der Waals surface area contributed by atoms with Crippen molar-refractivity contribution in [2.45, 2.75) is 38.6 Å². The highest BCUT2D eigenvalue weighted by atomic mass is 127. The van der Waals surface area contributed by atoms with Gasteiger partial charge in [0.25, 0.3) is 0 Å². The largest absolute Gasteiger partial charge is 0.497 e. The van der Waals surface area contributed by atoms with Crippen molar-refractivity contribution in [3.63, 3.8) is 0 Å². The number of guanidine groups is 1. The van der Waals surface area contributed by atoms with Gasteiger partial charge < -0.3 is 20.1 Å². The Bertz CT molecular complexity index is 820. The van der Waals surface area contributed by atoms with E-state index >= 15 is 0 Å². The molecule has 2 aromatic carbocycles. The Morgan fingerprint density at radius 2 is 1.87 bits per heavy atom. The average molecular weight is 523 g/mol. The molecule has 164 valence electrons. The Morgan fingerprint density at radius 1 is 1.10 bits per heavy atom. The molecule has 0 bridgehead atoms. The van der Waals surface area contributed by atoms with Gasteiger partial charge in [0.1, 0.15) is 5.75 Å². The molecule has 0 saturated carbocycles. The molecule has 0 aliphatic carbocycles. The third-order valence-electron chi connectivity index (χ3n) is 5.66. The summed E-state index contributed by atoms with van der Waals surface area (Å²) >= 11 is 0. The number of rotatable bonds is 7. The Kier molecular flexibility index (Phi) is 9.91. The predicted molar refractivity (Wildman–Crippen MR) is 134 cm³/mol. The summed E-state index contributed by atoms with van der Waals surface area (Å²) in [5.74, 6) is 1.70. The van der Waals surface area contributed by atoms with Gasteiger partial charge in [-0.1, -0.05) is 36.4 Å². The first-order chi connectivity index (χ1) is 14.2. The van der Waals surface area contributed by atoms with E-state index in [0.29, 0.717) is 6.54 Å². The van der Waals surface area contributed by atoms with E-state index in [2.05, 4.69) is 54.8 Å². The highest BCUT2D eigenvalue weighted by Gasteiger charge is 2.35. The minimum atomic E-state index is 0. The fourth-order valence-corrected chi connectivity index (χ4v) is 4.01. The smallest absolute Gasteiger partial charge is 0.191 e. The SMILES string of the molecule is CCNC(=NCc1cccc(OC)c1)NCC1(c2ccccc2C)CCOCC1.I. The van der Waals surface area contributed by atoms with Crippen molar-refractivity contribution >= 4 is 29.9 Å². The van der Waals surface area contributed by atoms with Crippen LogP contribution in [0.1, 0.15) is 36.5 Å². The number of hydrogen-bond donors (Lipinski definition) is 2. The first-order valence-electron chi connectivity index (χ1n) is 10.5. The molecule has 3 rings (SSSR count). The number of ether oxygens (including phenoxy) is 2. The summed E-state index contributed by atoms with van der Waals surface area (Å²) in [7, 11) is 1.69. The van der Waals surface area contributed by atoms with E-state index in [1.807, 2.05) is 18.2 Å². The summed E-state index contributed by atoms with van der Waals surface area (Å²) in [4.78, 5) is 4.80. The van der Waals surface area contributed by atoms with Crippen molar-refractivity contribution in [1.29, 1.82) is 0 Å². The minimum Gasteiger partial charge on any atom is -0.497 e. The lowest BCUT2D eigenvalue weighted by molar-refractivity contribution is 0.0512. The van der Waals surface area contributed by atoms with Crippen LogP contribution in [0.4, 0.5) is 0 Å². The maximum atomic E-state index is 5.68. The van der Waals surface area contributed by atoms with Crippen LogP contribution in [0.3, 0.4) is 0 Å². The van der Waals surface area contributed by atoms with Crippen molar-refractivity contribution in [3.8, 4) is 5.75 Å². The Balaban J connectivity index is 0.00000320. The van der Waals surface area contributed by atoms with Crippen LogP contribution in [0.5, 0.6) is 5.75 Å². The molecule has 6 heteroatoms. The second-order valence-corrected chi connectivity index (χ2v) is 7.61. The molecule has 5 nitrogen and oxygen atoms in total. The van der Waals surface area contributed by atoms with Gasteiger partial charge in [-0.05, 0) is 55.5 Å². The van der Waals surface area contributed by atoms with Gasteiger partial charge in [-0.3, -0.25) is 0 Å². The zero-order valence-electron chi connectivity index (χ0n) is 18.2. The fourth-order valence-electron chi connectivity index (χ4n) is 4.01. The molecule has 0 spiro atoms. The van der Waals surface area contributed by atoms with E-state index in [9.17, 15) is 0 Å². The predicted octanol–water partition coefficient (Wildman–Crippen LogP) is 4.43. The molecule has 1 heterocycles.